The summed E-state index contributed by atoms with van der Waals surface area (Å²) in [5.41, 5.74) is 0.0222. The van der Waals surface area contributed by atoms with Crippen molar-refractivity contribution in [3.05, 3.63) is 35.9 Å². The highest BCUT2D eigenvalue weighted by atomic mass is 35.6. The van der Waals surface area contributed by atoms with Crippen LogP contribution in [0.3, 0.4) is 0 Å². The number of piperidine rings is 1. The maximum absolute atomic E-state index is 13.4. The highest BCUT2D eigenvalue weighted by Gasteiger charge is 2.43. The molecule has 0 aliphatic carbocycles. The lowest BCUT2D eigenvalue weighted by atomic mass is 9.99. The molecule has 1 fully saturated rings. The summed E-state index contributed by atoms with van der Waals surface area (Å²) >= 11 is 18.5. The van der Waals surface area contributed by atoms with Crippen molar-refractivity contribution in [2.45, 2.75) is 133 Å². The van der Waals surface area contributed by atoms with E-state index in [1.165, 1.54) is 68.0 Å². The van der Waals surface area contributed by atoms with Crippen molar-refractivity contribution >= 4 is 63.9 Å². The topological polar surface area (TPSA) is 85.4 Å². The van der Waals surface area contributed by atoms with Gasteiger partial charge in [-0.1, -0.05) is 107 Å². The van der Waals surface area contributed by atoms with Gasteiger partial charge in [0.05, 0.1) is 6.04 Å². The van der Waals surface area contributed by atoms with Gasteiger partial charge in [0.2, 0.25) is 5.12 Å². The third-order valence-electron chi connectivity index (χ3n) is 7.13. The number of carbonyl (C=O) groups is 3. The summed E-state index contributed by atoms with van der Waals surface area (Å²) in [5.74, 6) is 0.694. The van der Waals surface area contributed by atoms with Crippen LogP contribution in [0.25, 0.3) is 0 Å². The van der Waals surface area contributed by atoms with Gasteiger partial charge >= 0.3 is 16.2 Å². The first-order chi connectivity index (χ1) is 20.8. The molecule has 2 amide bonds. The number of hydrogen-bond donors (Lipinski definition) is 0. The predicted octanol–water partition coefficient (Wildman–Crippen LogP) is 9.83. The highest BCUT2D eigenvalue weighted by molar-refractivity contribution is 8.13. The Kier molecular flexibility index (Phi) is 17.6. The molecular weight excluding hydrogens is 647 g/mol. The minimum atomic E-state index is -2.31. The zero-order chi connectivity index (χ0) is 32.6. The molecule has 1 aromatic rings. The zero-order valence-electron chi connectivity index (χ0n) is 26.5. The standard InChI is InChI=1S/C32H49Cl3N2O6S/c1-5-6-7-8-9-10-11-12-13-17-22-44-28(38)27-21-20-26(23-36(27)29(39)42-31(2,3)4)37(30(40)43-32(33,34)35)41-24-25-18-15-14-16-19-25/h14-16,18-19,26-27H,5-13,17,20-24H2,1-4H3/t26-,27+/m1/s1. The molecule has 0 radical (unpaired) electrons. The van der Waals surface area contributed by atoms with E-state index in [-0.39, 0.29) is 18.3 Å². The molecule has 250 valence electrons. The second-order valence-electron chi connectivity index (χ2n) is 12.1. The molecule has 2 atom stereocenters. The lowest BCUT2D eigenvalue weighted by molar-refractivity contribution is -0.182. The number of halogens is 3. The fourth-order valence-corrected chi connectivity index (χ4v) is 6.12. The Labute approximate surface area is 282 Å². The number of thioether (sulfide) groups is 1. The average Bonchev–Trinajstić information content (AvgIpc) is 2.94. The van der Waals surface area contributed by atoms with Gasteiger partial charge in [0, 0.05) is 12.3 Å². The van der Waals surface area contributed by atoms with Crippen LogP contribution < -0.4 is 0 Å². The molecule has 1 aromatic carbocycles. The van der Waals surface area contributed by atoms with Gasteiger partial charge in [-0.3, -0.25) is 14.5 Å². The first kappa shape index (κ1) is 38.8. The van der Waals surface area contributed by atoms with Crippen LogP contribution in [0.15, 0.2) is 30.3 Å². The zero-order valence-corrected chi connectivity index (χ0v) is 29.6. The first-order valence-corrected chi connectivity index (χ1v) is 17.8. The van der Waals surface area contributed by atoms with Crippen molar-refractivity contribution in [1.29, 1.82) is 0 Å². The fraction of sp³-hybridized carbons (Fsp3) is 0.719. The van der Waals surface area contributed by atoms with E-state index in [4.69, 9.17) is 49.1 Å². The van der Waals surface area contributed by atoms with Gasteiger partial charge in [-0.25, -0.2) is 9.59 Å². The number of hydroxylamine groups is 2. The number of nitrogens with zero attached hydrogens (tertiary/aromatic N) is 2. The molecule has 1 aliphatic heterocycles. The lowest BCUT2D eigenvalue weighted by Crippen LogP contribution is -2.57. The predicted molar refractivity (Wildman–Crippen MR) is 179 cm³/mol. The van der Waals surface area contributed by atoms with Gasteiger partial charge in [-0.05, 0) is 80.4 Å². The van der Waals surface area contributed by atoms with Crippen molar-refractivity contribution in [3.8, 4) is 0 Å². The maximum atomic E-state index is 13.4. The molecule has 0 bridgehead atoms. The second kappa shape index (κ2) is 20.0. The Bertz CT molecular complexity index is 1010. The molecule has 0 aromatic heterocycles. The number of alkyl halides is 3. The summed E-state index contributed by atoms with van der Waals surface area (Å²) in [6.07, 6.45) is 11.2. The lowest BCUT2D eigenvalue weighted by Gasteiger charge is -2.42. The van der Waals surface area contributed by atoms with Crippen LogP contribution in [0.2, 0.25) is 0 Å². The van der Waals surface area contributed by atoms with E-state index >= 15 is 0 Å². The van der Waals surface area contributed by atoms with E-state index in [1.807, 2.05) is 30.3 Å². The van der Waals surface area contributed by atoms with Gasteiger partial charge in [0.25, 0.3) is 0 Å². The number of likely N-dealkylation sites (tertiary alicyclic amines) is 1. The SMILES string of the molecule is CCCCCCCCCCCCSC(=O)[C@@H]1CC[C@@H](N(OCc2ccccc2)C(=O)OC(Cl)(Cl)Cl)CN1C(=O)OC(C)(C)C. The van der Waals surface area contributed by atoms with Crippen molar-refractivity contribution in [2.24, 2.45) is 0 Å². The summed E-state index contributed by atoms with van der Waals surface area (Å²) in [5, 5.41) is 0.898. The van der Waals surface area contributed by atoms with Crippen molar-refractivity contribution in [3.63, 3.8) is 0 Å². The number of hydrogen-bond acceptors (Lipinski definition) is 7. The minimum Gasteiger partial charge on any atom is -0.444 e. The number of amides is 2. The fourth-order valence-electron chi connectivity index (χ4n) is 4.94. The summed E-state index contributed by atoms with van der Waals surface area (Å²) in [7, 11) is 0. The summed E-state index contributed by atoms with van der Waals surface area (Å²) in [4.78, 5) is 47.0. The third kappa shape index (κ3) is 15.7. The highest BCUT2D eigenvalue weighted by Crippen LogP contribution is 2.32. The largest absolute Gasteiger partial charge is 0.444 e. The van der Waals surface area contributed by atoms with E-state index in [9.17, 15) is 14.4 Å². The number of benzene rings is 1. The van der Waals surface area contributed by atoms with Gasteiger partial charge in [-0.2, -0.15) is 5.06 Å². The second-order valence-corrected chi connectivity index (χ2v) is 15.4. The number of ether oxygens (including phenoxy) is 2. The smallest absolute Gasteiger partial charge is 0.437 e. The molecule has 0 unspecified atom stereocenters. The van der Waals surface area contributed by atoms with Crippen LogP contribution in [0, 0.1) is 0 Å². The van der Waals surface area contributed by atoms with E-state index in [0.29, 0.717) is 18.6 Å². The van der Waals surface area contributed by atoms with Crippen molar-refractivity contribution < 1.29 is 28.7 Å². The van der Waals surface area contributed by atoms with Crippen LogP contribution in [-0.2, 0) is 25.7 Å². The number of unbranched alkanes of at least 4 members (excludes halogenated alkanes) is 9. The Balaban J connectivity index is 2.02. The molecule has 8 nitrogen and oxygen atoms in total. The average molecular weight is 696 g/mol. The van der Waals surface area contributed by atoms with E-state index in [1.54, 1.807) is 20.8 Å². The molecule has 44 heavy (non-hydrogen) atoms. The first-order valence-electron chi connectivity index (χ1n) is 15.7. The Hall–Kier alpha value is -1.39. The Morgan fingerprint density at radius 1 is 0.886 bits per heavy atom. The molecule has 1 heterocycles. The van der Waals surface area contributed by atoms with Crippen LogP contribution >= 0.6 is 46.6 Å². The summed E-state index contributed by atoms with van der Waals surface area (Å²) in [6.45, 7) is 7.53. The van der Waals surface area contributed by atoms with Crippen molar-refractivity contribution in [2.75, 3.05) is 12.3 Å². The minimum absolute atomic E-state index is 0.0200. The Morgan fingerprint density at radius 3 is 2.05 bits per heavy atom. The van der Waals surface area contributed by atoms with Gasteiger partial charge in [0.1, 0.15) is 18.2 Å². The third-order valence-corrected chi connectivity index (χ3v) is 8.41. The van der Waals surface area contributed by atoms with Crippen molar-refractivity contribution in [1.82, 2.24) is 9.96 Å². The maximum Gasteiger partial charge on any atom is 0.437 e. The van der Waals surface area contributed by atoms with E-state index in [0.717, 1.165) is 23.5 Å². The number of carbonyl (C=O) groups excluding carboxylic acids is 3. The van der Waals surface area contributed by atoms with E-state index in [2.05, 4.69) is 6.92 Å². The van der Waals surface area contributed by atoms with E-state index < -0.39 is 33.8 Å². The van der Waals surface area contributed by atoms with Crippen LogP contribution in [0.5, 0.6) is 0 Å². The molecule has 1 aliphatic rings. The summed E-state index contributed by atoms with van der Waals surface area (Å²) < 4.78 is 8.31. The molecule has 2 rings (SSSR count). The van der Waals surface area contributed by atoms with Crippen LogP contribution in [-0.4, -0.2) is 61.2 Å². The molecular formula is C32H49Cl3N2O6S. The molecule has 0 saturated carbocycles. The molecule has 0 spiro atoms. The molecule has 1 saturated heterocycles. The molecule has 12 heteroatoms. The molecule has 0 N–H and O–H groups in total. The van der Waals surface area contributed by atoms with Crippen LogP contribution in [0.1, 0.15) is 110 Å². The normalized spacial score (nSPS) is 17.3. The van der Waals surface area contributed by atoms with Gasteiger partial charge in [0.15, 0.2) is 0 Å². The monoisotopic (exact) mass is 694 g/mol. The van der Waals surface area contributed by atoms with Crippen LogP contribution in [0.4, 0.5) is 9.59 Å². The van der Waals surface area contributed by atoms with Gasteiger partial charge < -0.3 is 9.47 Å². The van der Waals surface area contributed by atoms with Gasteiger partial charge in [-0.15, -0.1) is 0 Å². The number of rotatable bonds is 16. The quantitative estimate of drug-likeness (QED) is 0.0967. The Morgan fingerprint density at radius 2 is 1.48 bits per heavy atom. The summed E-state index contributed by atoms with van der Waals surface area (Å²) in [6, 6.07) is 7.86.